The smallest absolute Gasteiger partial charge is 0.242 e. The summed E-state index contributed by atoms with van der Waals surface area (Å²) in [5.41, 5.74) is 2.61. The van der Waals surface area contributed by atoms with Crippen molar-refractivity contribution in [3.05, 3.63) is 65.1 Å². The van der Waals surface area contributed by atoms with Gasteiger partial charge in [-0.15, -0.1) is 0 Å². The number of aromatic nitrogens is 6. The number of halogens is 1. The van der Waals surface area contributed by atoms with Crippen molar-refractivity contribution in [1.29, 1.82) is 0 Å². The number of aryl methyl sites for hydroxylation is 1. The van der Waals surface area contributed by atoms with Crippen LogP contribution in [0.2, 0.25) is 5.02 Å². The van der Waals surface area contributed by atoms with E-state index in [4.69, 9.17) is 16.6 Å². The lowest BCUT2D eigenvalue weighted by atomic mass is 9.81. The van der Waals surface area contributed by atoms with Crippen molar-refractivity contribution < 1.29 is 4.79 Å². The molecule has 1 aliphatic heterocycles. The zero-order valence-corrected chi connectivity index (χ0v) is 17.2. The van der Waals surface area contributed by atoms with Crippen LogP contribution in [0.25, 0.3) is 17.2 Å². The number of hydrogen-bond donors (Lipinski definition) is 1. The number of amides is 1. The third kappa shape index (κ3) is 2.75. The highest BCUT2D eigenvalue weighted by Gasteiger charge is 2.46. The average Bonchev–Trinajstić information content (AvgIpc) is 3.32. The van der Waals surface area contributed by atoms with E-state index in [1.54, 1.807) is 24.5 Å². The first-order valence-corrected chi connectivity index (χ1v) is 10.0. The minimum Gasteiger partial charge on any atom is -0.309 e. The molecule has 5 heterocycles. The van der Waals surface area contributed by atoms with Gasteiger partial charge < -0.3 is 9.72 Å². The molecule has 0 aliphatic carbocycles. The number of pyridine rings is 1. The summed E-state index contributed by atoms with van der Waals surface area (Å²) in [5.74, 6) is 0.701. The monoisotopic (exact) mass is 419 g/mol. The molecule has 0 aromatic carbocycles. The third-order valence-electron chi connectivity index (χ3n) is 5.41. The Bertz CT molecular complexity index is 1280. The molecule has 4 aromatic rings. The highest BCUT2D eigenvalue weighted by atomic mass is 35.5. The van der Waals surface area contributed by atoms with E-state index >= 15 is 0 Å². The van der Waals surface area contributed by atoms with Crippen molar-refractivity contribution in [3.63, 3.8) is 0 Å². The van der Waals surface area contributed by atoms with Gasteiger partial charge in [-0.1, -0.05) is 24.9 Å². The van der Waals surface area contributed by atoms with Gasteiger partial charge in [0.2, 0.25) is 5.91 Å². The van der Waals surface area contributed by atoms with Crippen molar-refractivity contribution in [3.8, 4) is 11.5 Å². The maximum Gasteiger partial charge on any atom is 0.242 e. The number of carbonyl (C=O) groups excluding carboxylic acids is 1. The maximum atomic E-state index is 12.9. The number of carbonyl (C=O) groups is 1. The van der Waals surface area contributed by atoms with Crippen LogP contribution in [-0.2, 0) is 16.6 Å². The Morgan fingerprint density at radius 1 is 1.17 bits per heavy atom. The van der Waals surface area contributed by atoms with Crippen molar-refractivity contribution in [2.24, 2.45) is 0 Å². The lowest BCUT2D eigenvalue weighted by Crippen LogP contribution is -2.33. The van der Waals surface area contributed by atoms with Gasteiger partial charge in [0.25, 0.3) is 0 Å². The molecule has 30 heavy (non-hydrogen) atoms. The normalized spacial score (nSPS) is 17.9. The molecule has 9 heteroatoms. The topological polar surface area (TPSA) is 98.0 Å². The number of hydrogen-bond acceptors (Lipinski definition) is 6. The number of anilines is 1. The first-order valence-electron chi connectivity index (χ1n) is 9.64. The molecule has 1 unspecified atom stereocenters. The molecule has 1 aliphatic rings. The predicted octanol–water partition coefficient (Wildman–Crippen LogP) is 3.45. The van der Waals surface area contributed by atoms with Crippen LogP contribution in [0.3, 0.4) is 0 Å². The summed E-state index contributed by atoms with van der Waals surface area (Å²) in [6.45, 7) is 3.91. The van der Waals surface area contributed by atoms with E-state index < -0.39 is 5.41 Å². The molecule has 150 valence electrons. The number of rotatable bonds is 4. The van der Waals surface area contributed by atoms with Gasteiger partial charge in [0, 0.05) is 36.5 Å². The van der Waals surface area contributed by atoms with Gasteiger partial charge in [-0.25, -0.2) is 19.9 Å². The summed E-state index contributed by atoms with van der Waals surface area (Å²) in [7, 11) is 0. The van der Waals surface area contributed by atoms with Crippen LogP contribution in [0.4, 0.5) is 5.82 Å². The zero-order chi connectivity index (χ0) is 20.9. The summed E-state index contributed by atoms with van der Waals surface area (Å²) in [4.78, 5) is 35.5. The van der Waals surface area contributed by atoms with Gasteiger partial charge in [0.05, 0.1) is 16.4 Å². The molecule has 5 rings (SSSR count). The Kier molecular flexibility index (Phi) is 4.25. The maximum absolute atomic E-state index is 12.9. The summed E-state index contributed by atoms with van der Waals surface area (Å²) in [5, 5.41) is 3.38. The Balaban J connectivity index is 1.61. The second-order valence-corrected chi connectivity index (χ2v) is 7.81. The van der Waals surface area contributed by atoms with Crippen LogP contribution < -0.4 is 5.32 Å². The highest BCUT2D eigenvalue weighted by Crippen LogP contribution is 2.41. The molecule has 0 radical (unpaired) electrons. The van der Waals surface area contributed by atoms with Gasteiger partial charge in [0.1, 0.15) is 16.9 Å². The Morgan fingerprint density at radius 3 is 2.80 bits per heavy atom. The van der Waals surface area contributed by atoms with Gasteiger partial charge in [0.15, 0.2) is 11.5 Å². The fourth-order valence-corrected chi connectivity index (χ4v) is 3.87. The van der Waals surface area contributed by atoms with Crippen molar-refractivity contribution >= 4 is 29.0 Å². The molecule has 4 aromatic heterocycles. The minimum absolute atomic E-state index is 0.205. The van der Waals surface area contributed by atoms with Gasteiger partial charge >= 0.3 is 0 Å². The second kappa shape index (κ2) is 6.84. The average molecular weight is 420 g/mol. The van der Waals surface area contributed by atoms with E-state index in [1.165, 1.54) is 6.20 Å². The standard InChI is InChI=1S/C21H18ClN7O/c1-3-4-14-19-23-7-8-29(19)11-15(26-14)18-25-10-13-17(27-18)28-20(30)21(13,2)16-6-5-12(22)9-24-16/h5-11H,3-4H2,1-2H3,(H,25,27,28,30). The quantitative estimate of drug-likeness (QED) is 0.544. The zero-order valence-electron chi connectivity index (χ0n) is 16.4. The van der Waals surface area contributed by atoms with Gasteiger partial charge in [-0.05, 0) is 25.5 Å². The van der Waals surface area contributed by atoms with E-state index in [0.717, 1.165) is 24.2 Å². The molecule has 1 amide bonds. The molecule has 8 nitrogen and oxygen atoms in total. The van der Waals surface area contributed by atoms with Crippen molar-refractivity contribution in [2.45, 2.75) is 32.1 Å². The summed E-state index contributed by atoms with van der Waals surface area (Å²) >= 11 is 5.96. The number of imidazole rings is 1. The van der Waals surface area contributed by atoms with Crippen LogP contribution in [-0.4, -0.2) is 35.2 Å². The van der Waals surface area contributed by atoms with Gasteiger partial charge in [-0.3, -0.25) is 9.78 Å². The molecule has 1 atom stereocenters. The van der Waals surface area contributed by atoms with Crippen LogP contribution in [0.15, 0.2) is 43.1 Å². The summed E-state index contributed by atoms with van der Waals surface area (Å²) < 4.78 is 1.92. The lowest BCUT2D eigenvalue weighted by Gasteiger charge is -2.20. The molecule has 0 fully saturated rings. The summed E-state index contributed by atoms with van der Waals surface area (Å²) in [6, 6.07) is 3.46. The first-order chi connectivity index (χ1) is 14.5. The fourth-order valence-electron chi connectivity index (χ4n) is 3.76. The van der Waals surface area contributed by atoms with Crippen molar-refractivity contribution in [2.75, 3.05) is 5.32 Å². The largest absolute Gasteiger partial charge is 0.309 e. The van der Waals surface area contributed by atoms with Gasteiger partial charge in [-0.2, -0.15) is 0 Å². The first kappa shape index (κ1) is 18.6. The second-order valence-electron chi connectivity index (χ2n) is 7.38. The Labute approximate surface area is 177 Å². The van der Waals surface area contributed by atoms with Crippen molar-refractivity contribution in [1.82, 2.24) is 29.3 Å². The Hall–Kier alpha value is -3.39. The molecule has 0 saturated heterocycles. The van der Waals surface area contributed by atoms with E-state index in [1.807, 2.05) is 23.7 Å². The predicted molar refractivity (Wildman–Crippen MR) is 112 cm³/mol. The Morgan fingerprint density at radius 2 is 2.03 bits per heavy atom. The fraction of sp³-hybridized carbons (Fsp3) is 0.238. The van der Waals surface area contributed by atoms with Crippen LogP contribution in [0.1, 0.15) is 37.2 Å². The van der Waals surface area contributed by atoms with E-state index in [9.17, 15) is 4.79 Å². The molecular weight excluding hydrogens is 402 g/mol. The molecule has 0 saturated carbocycles. The van der Waals surface area contributed by atoms with E-state index in [0.29, 0.717) is 33.6 Å². The highest BCUT2D eigenvalue weighted by molar-refractivity contribution is 6.30. The molecule has 0 spiro atoms. The molecular formula is C21H18ClN7O. The number of nitrogens with one attached hydrogen (secondary N) is 1. The third-order valence-corrected chi connectivity index (χ3v) is 5.64. The number of nitrogens with zero attached hydrogens (tertiary/aromatic N) is 6. The lowest BCUT2D eigenvalue weighted by molar-refractivity contribution is -0.119. The van der Waals surface area contributed by atoms with Crippen LogP contribution >= 0.6 is 11.6 Å². The summed E-state index contributed by atoms with van der Waals surface area (Å²) in [6.07, 6.45) is 10.4. The minimum atomic E-state index is -0.993. The van der Waals surface area contributed by atoms with Crippen LogP contribution in [0.5, 0.6) is 0 Å². The molecule has 1 N–H and O–H groups in total. The van der Waals surface area contributed by atoms with E-state index in [-0.39, 0.29) is 5.91 Å². The molecule has 0 bridgehead atoms. The van der Waals surface area contributed by atoms with E-state index in [2.05, 4.69) is 32.2 Å². The SMILES string of the molecule is CCCc1nc(-c2ncc3c(n2)NC(=O)C3(C)c2ccc(Cl)cn2)cn2ccnc12. The number of fused-ring (bicyclic) bond motifs is 2. The van der Waals surface area contributed by atoms with Crippen LogP contribution in [0, 0.1) is 0 Å².